The molecule has 0 aromatic heterocycles. The van der Waals surface area contributed by atoms with E-state index in [0.717, 1.165) is 23.2 Å². The number of nitrogens with one attached hydrogen (secondary N) is 2. The lowest BCUT2D eigenvalue weighted by Crippen LogP contribution is -2.49. The fourth-order valence-corrected chi connectivity index (χ4v) is 5.40. The number of hydrogen-bond donors (Lipinski definition) is 2. The van der Waals surface area contributed by atoms with Crippen LogP contribution in [0.1, 0.15) is 65.0 Å². The van der Waals surface area contributed by atoms with Crippen LogP contribution in [0.2, 0.25) is 0 Å². The number of rotatable bonds is 3. The molecule has 2 aromatic carbocycles. The third-order valence-electron chi connectivity index (χ3n) is 6.39. The van der Waals surface area contributed by atoms with Crippen molar-refractivity contribution >= 4 is 17.6 Å². The molecular formula is C27H34N2O3. The minimum absolute atomic E-state index is 0.0491. The van der Waals surface area contributed by atoms with Gasteiger partial charge >= 0.3 is 5.97 Å². The summed E-state index contributed by atoms with van der Waals surface area (Å²) >= 11 is 0. The van der Waals surface area contributed by atoms with Gasteiger partial charge in [-0.2, -0.15) is 0 Å². The lowest BCUT2D eigenvalue weighted by molar-refractivity contribution is -0.157. The van der Waals surface area contributed by atoms with Gasteiger partial charge in [-0.05, 0) is 49.8 Å². The molecule has 0 bridgehead atoms. The first-order valence-electron chi connectivity index (χ1n) is 11.4. The highest BCUT2D eigenvalue weighted by atomic mass is 16.6. The Bertz CT molecular complexity index is 1020. The van der Waals surface area contributed by atoms with Crippen molar-refractivity contribution in [3.8, 4) is 0 Å². The number of fused-ring (bicyclic) bond motifs is 2. The Morgan fingerprint density at radius 3 is 2.22 bits per heavy atom. The fraction of sp³-hybridized carbons (Fsp3) is 0.481. The molecule has 32 heavy (non-hydrogen) atoms. The maximum absolute atomic E-state index is 13.9. The number of para-hydroxylation sites is 1. The zero-order valence-electron chi connectivity index (χ0n) is 19.9. The standard InChI is InChI=1S/C27H34N2O3/c1-25(2,3)16-20-27(18-14-10-11-15-19(18)28-24(27)31)21(17-12-8-7-9-13-17)22(29-20)23(30)32-26(4,5)6/h7-15,20-22,29H,16H2,1-6H3,(H,28,31)/t20-,21-,22+,27-/m1/s1. The average molecular weight is 435 g/mol. The van der Waals surface area contributed by atoms with E-state index in [-0.39, 0.29) is 23.3 Å². The lowest BCUT2D eigenvalue weighted by Gasteiger charge is -2.37. The Labute approximate surface area is 190 Å². The van der Waals surface area contributed by atoms with Gasteiger partial charge in [-0.25, -0.2) is 0 Å². The molecule has 2 aliphatic rings. The van der Waals surface area contributed by atoms with E-state index < -0.39 is 23.0 Å². The third-order valence-corrected chi connectivity index (χ3v) is 6.39. The molecule has 4 rings (SSSR count). The quantitative estimate of drug-likeness (QED) is 0.683. The van der Waals surface area contributed by atoms with Crippen molar-refractivity contribution in [2.45, 2.75) is 77.0 Å². The Hall–Kier alpha value is -2.66. The zero-order valence-corrected chi connectivity index (χ0v) is 19.9. The predicted molar refractivity (Wildman–Crippen MR) is 127 cm³/mol. The number of carbonyl (C=O) groups is 2. The van der Waals surface area contributed by atoms with Gasteiger partial charge in [-0.15, -0.1) is 0 Å². The van der Waals surface area contributed by atoms with E-state index in [1.54, 1.807) is 0 Å². The van der Waals surface area contributed by atoms with Gasteiger partial charge in [0.25, 0.3) is 0 Å². The minimum Gasteiger partial charge on any atom is -0.459 e. The van der Waals surface area contributed by atoms with E-state index in [1.165, 1.54) is 0 Å². The topological polar surface area (TPSA) is 67.4 Å². The van der Waals surface area contributed by atoms with Gasteiger partial charge in [-0.3, -0.25) is 14.9 Å². The zero-order chi connectivity index (χ0) is 23.3. The van der Waals surface area contributed by atoms with Gasteiger partial charge in [-0.1, -0.05) is 69.3 Å². The second-order valence-electron chi connectivity index (χ2n) is 11.3. The molecule has 170 valence electrons. The molecule has 2 aliphatic heterocycles. The number of esters is 1. The Morgan fingerprint density at radius 1 is 0.969 bits per heavy atom. The van der Waals surface area contributed by atoms with Crippen molar-refractivity contribution < 1.29 is 14.3 Å². The van der Waals surface area contributed by atoms with Crippen LogP contribution in [-0.2, 0) is 19.7 Å². The van der Waals surface area contributed by atoms with Crippen molar-refractivity contribution in [3.05, 3.63) is 65.7 Å². The van der Waals surface area contributed by atoms with E-state index in [1.807, 2.05) is 75.4 Å². The lowest BCUT2D eigenvalue weighted by atomic mass is 9.62. The molecule has 2 N–H and O–H groups in total. The highest BCUT2D eigenvalue weighted by Gasteiger charge is 2.66. The van der Waals surface area contributed by atoms with Gasteiger partial charge in [0.2, 0.25) is 5.91 Å². The van der Waals surface area contributed by atoms with Gasteiger partial charge in [0, 0.05) is 17.6 Å². The van der Waals surface area contributed by atoms with Gasteiger partial charge < -0.3 is 10.1 Å². The molecule has 2 aromatic rings. The van der Waals surface area contributed by atoms with E-state index in [9.17, 15) is 9.59 Å². The monoisotopic (exact) mass is 434 g/mol. The maximum atomic E-state index is 13.9. The Morgan fingerprint density at radius 2 is 1.59 bits per heavy atom. The highest BCUT2D eigenvalue weighted by Crippen LogP contribution is 2.56. The number of anilines is 1. The molecule has 1 spiro atoms. The normalized spacial score (nSPS) is 27.3. The van der Waals surface area contributed by atoms with Crippen LogP contribution in [-0.4, -0.2) is 29.6 Å². The number of carbonyl (C=O) groups excluding carboxylic acids is 2. The number of amides is 1. The molecule has 5 heteroatoms. The first kappa shape index (κ1) is 22.5. The first-order chi connectivity index (χ1) is 14.9. The van der Waals surface area contributed by atoms with Crippen LogP contribution in [0, 0.1) is 5.41 Å². The molecule has 2 heterocycles. The molecule has 4 atom stereocenters. The predicted octanol–water partition coefficient (Wildman–Crippen LogP) is 4.78. The summed E-state index contributed by atoms with van der Waals surface area (Å²) < 4.78 is 5.84. The van der Waals surface area contributed by atoms with Crippen molar-refractivity contribution in [2.24, 2.45) is 5.41 Å². The van der Waals surface area contributed by atoms with Crippen LogP contribution in [0.3, 0.4) is 0 Å². The molecule has 5 nitrogen and oxygen atoms in total. The van der Waals surface area contributed by atoms with Gasteiger partial charge in [0.15, 0.2) is 0 Å². The van der Waals surface area contributed by atoms with E-state index in [2.05, 4.69) is 31.4 Å². The van der Waals surface area contributed by atoms with Crippen molar-refractivity contribution in [3.63, 3.8) is 0 Å². The van der Waals surface area contributed by atoms with Crippen LogP contribution in [0.25, 0.3) is 0 Å². The molecule has 1 saturated heterocycles. The highest BCUT2D eigenvalue weighted by molar-refractivity contribution is 6.09. The summed E-state index contributed by atoms with van der Waals surface area (Å²) in [7, 11) is 0. The van der Waals surface area contributed by atoms with Gasteiger partial charge in [0.05, 0.1) is 0 Å². The molecule has 0 unspecified atom stereocenters. The molecule has 1 fully saturated rings. The summed E-state index contributed by atoms with van der Waals surface area (Å²) in [6, 6.07) is 16.9. The average Bonchev–Trinajstić information content (AvgIpc) is 3.17. The summed E-state index contributed by atoms with van der Waals surface area (Å²) in [5.74, 6) is -0.769. The summed E-state index contributed by atoms with van der Waals surface area (Å²) in [6.45, 7) is 12.1. The largest absolute Gasteiger partial charge is 0.459 e. The van der Waals surface area contributed by atoms with E-state index in [0.29, 0.717) is 0 Å². The Balaban J connectivity index is 1.94. The fourth-order valence-electron chi connectivity index (χ4n) is 5.40. The summed E-state index contributed by atoms with van der Waals surface area (Å²) in [5, 5.41) is 6.71. The second kappa shape index (κ2) is 7.73. The molecule has 0 saturated carbocycles. The number of benzene rings is 2. The third kappa shape index (κ3) is 3.83. The smallest absolute Gasteiger partial charge is 0.324 e. The SMILES string of the molecule is CC(C)(C)C[C@H]1N[C@H](C(=O)OC(C)(C)C)[C@@H](c2ccccc2)[C@]12C(=O)Nc1ccccc12. The molecule has 0 aliphatic carbocycles. The summed E-state index contributed by atoms with van der Waals surface area (Å²) in [5.41, 5.74) is 1.15. The minimum atomic E-state index is -0.910. The van der Waals surface area contributed by atoms with Gasteiger partial charge in [0.1, 0.15) is 17.1 Å². The summed E-state index contributed by atoms with van der Waals surface area (Å²) in [6.07, 6.45) is 0.734. The van der Waals surface area contributed by atoms with Crippen LogP contribution in [0.15, 0.2) is 54.6 Å². The molecule has 0 radical (unpaired) electrons. The number of ether oxygens (including phenoxy) is 1. The van der Waals surface area contributed by atoms with Crippen molar-refractivity contribution in [1.29, 1.82) is 0 Å². The second-order valence-corrected chi connectivity index (χ2v) is 11.3. The number of hydrogen-bond acceptors (Lipinski definition) is 4. The summed E-state index contributed by atoms with van der Waals surface area (Å²) in [4.78, 5) is 27.4. The maximum Gasteiger partial charge on any atom is 0.324 e. The van der Waals surface area contributed by atoms with Crippen LogP contribution in [0.5, 0.6) is 0 Å². The van der Waals surface area contributed by atoms with Crippen LogP contribution >= 0.6 is 0 Å². The first-order valence-corrected chi connectivity index (χ1v) is 11.4. The van der Waals surface area contributed by atoms with Crippen molar-refractivity contribution in [1.82, 2.24) is 5.32 Å². The van der Waals surface area contributed by atoms with Crippen molar-refractivity contribution in [2.75, 3.05) is 5.32 Å². The van der Waals surface area contributed by atoms with Crippen LogP contribution < -0.4 is 10.6 Å². The van der Waals surface area contributed by atoms with Crippen LogP contribution in [0.4, 0.5) is 5.69 Å². The van der Waals surface area contributed by atoms with E-state index in [4.69, 9.17) is 4.74 Å². The Kier molecular flexibility index (Phi) is 5.44. The van der Waals surface area contributed by atoms with E-state index >= 15 is 0 Å². The molecular weight excluding hydrogens is 400 g/mol. The molecule has 1 amide bonds.